The molecule has 1 atom stereocenters. The van der Waals surface area contributed by atoms with E-state index in [1.807, 2.05) is 0 Å². The summed E-state index contributed by atoms with van der Waals surface area (Å²) < 4.78 is 10.7. The number of methoxy groups -OCH3 is 1. The number of hydrogen-bond donors (Lipinski definition) is 1. The van der Waals surface area contributed by atoms with Crippen LogP contribution in [0.2, 0.25) is 0 Å². The first-order valence-corrected chi connectivity index (χ1v) is 6.85. The standard InChI is InChI=1S/C14H31NO2/c1-12(2)11-17-8-6-14(13(3)4)10-15-7-9-16-5/h12-15H,6-11H2,1-5H3. The van der Waals surface area contributed by atoms with Crippen molar-refractivity contribution in [2.24, 2.45) is 17.8 Å². The highest BCUT2D eigenvalue weighted by atomic mass is 16.5. The average molecular weight is 245 g/mol. The molecule has 0 aromatic heterocycles. The van der Waals surface area contributed by atoms with E-state index in [2.05, 4.69) is 33.0 Å². The SMILES string of the molecule is COCCNCC(CCOCC(C)C)C(C)C. The van der Waals surface area contributed by atoms with Crippen LogP contribution in [0, 0.1) is 17.8 Å². The Kier molecular flexibility index (Phi) is 10.9. The third kappa shape index (κ3) is 10.7. The Labute approximate surface area is 107 Å². The summed E-state index contributed by atoms with van der Waals surface area (Å²) in [7, 11) is 1.74. The molecule has 0 heterocycles. The quantitative estimate of drug-likeness (QED) is 0.568. The van der Waals surface area contributed by atoms with E-state index in [9.17, 15) is 0 Å². The number of nitrogens with one attached hydrogen (secondary N) is 1. The van der Waals surface area contributed by atoms with Crippen LogP contribution in [0.3, 0.4) is 0 Å². The van der Waals surface area contributed by atoms with E-state index < -0.39 is 0 Å². The van der Waals surface area contributed by atoms with Gasteiger partial charge in [0.25, 0.3) is 0 Å². The van der Waals surface area contributed by atoms with E-state index >= 15 is 0 Å². The van der Waals surface area contributed by atoms with Gasteiger partial charge in [0.2, 0.25) is 0 Å². The number of rotatable bonds is 11. The predicted octanol–water partition coefficient (Wildman–Crippen LogP) is 2.56. The number of ether oxygens (including phenoxy) is 2. The van der Waals surface area contributed by atoms with Crippen LogP contribution >= 0.6 is 0 Å². The maximum absolute atomic E-state index is 5.65. The minimum atomic E-state index is 0.632. The van der Waals surface area contributed by atoms with Crippen molar-refractivity contribution in [3.63, 3.8) is 0 Å². The van der Waals surface area contributed by atoms with Crippen molar-refractivity contribution in [1.29, 1.82) is 0 Å². The van der Waals surface area contributed by atoms with Crippen LogP contribution in [-0.4, -0.2) is 40.0 Å². The van der Waals surface area contributed by atoms with Crippen LogP contribution in [0.4, 0.5) is 0 Å². The lowest BCUT2D eigenvalue weighted by molar-refractivity contribution is 0.0917. The zero-order valence-corrected chi connectivity index (χ0v) is 12.3. The Hall–Kier alpha value is -0.120. The Bertz CT molecular complexity index is 160. The predicted molar refractivity (Wildman–Crippen MR) is 73.3 cm³/mol. The summed E-state index contributed by atoms with van der Waals surface area (Å²) in [5, 5.41) is 3.44. The maximum atomic E-state index is 5.65. The number of hydrogen-bond acceptors (Lipinski definition) is 3. The van der Waals surface area contributed by atoms with Crippen molar-refractivity contribution in [3.05, 3.63) is 0 Å². The van der Waals surface area contributed by atoms with Gasteiger partial charge in [0.15, 0.2) is 0 Å². The van der Waals surface area contributed by atoms with E-state index in [1.165, 1.54) is 0 Å². The normalized spacial score (nSPS) is 13.6. The van der Waals surface area contributed by atoms with Crippen LogP contribution in [0.25, 0.3) is 0 Å². The van der Waals surface area contributed by atoms with E-state index in [0.29, 0.717) is 17.8 Å². The molecule has 1 N–H and O–H groups in total. The van der Waals surface area contributed by atoms with Crippen LogP contribution < -0.4 is 5.32 Å². The molecular weight excluding hydrogens is 214 g/mol. The lowest BCUT2D eigenvalue weighted by Gasteiger charge is -2.21. The van der Waals surface area contributed by atoms with Crippen molar-refractivity contribution in [2.75, 3.05) is 40.0 Å². The molecule has 0 bridgehead atoms. The largest absolute Gasteiger partial charge is 0.383 e. The van der Waals surface area contributed by atoms with Gasteiger partial charge >= 0.3 is 0 Å². The first kappa shape index (κ1) is 16.9. The van der Waals surface area contributed by atoms with Gasteiger partial charge in [0.1, 0.15) is 0 Å². The fourth-order valence-corrected chi connectivity index (χ4v) is 1.69. The lowest BCUT2D eigenvalue weighted by atomic mass is 9.93. The van der Waals surface area contributed by atoms with E-state index in [0.717, 1.165) is 39.3 Å². The molecule has 0 aliphatic carbocycles. The fraction of sp³-hybridized carbons (Fsp3) is 1.00. The highest BCUT2D eigenvalue weighted by molar-refractivity contribution is 4.66. The van der Waals surface area contributed by atoms with Gasteiger partial charge in [-0.2, -0.15) is 0 Å². The minimum absolute atomic E-state index is 0.632. The molecule has 17 heavy (non-hydrogen) atoms. The van der Waals surface area contributed by atoms with Crippen molar-refractivity contribution in [3.8, 4) is 0 Å². The Morgan fingerprint density at radius 2 is 1.76 bits per heavy atom. The molecule has 0 saturated carbocycles. The van der Waals surface area contributed by atoms with Gasteiger partial charge in [-0.05, 0) is 30.7 Å². The molecule has 0 aromatic rings. The molecule has 104 valence electrons. The van der Waals surface area contributed by atoms with E-state index in [1.54, 1.807) is 7.11 Å². The van der Waals surface area contributed by atoms with Crippen LogP contribution in [-0.2, 0) is 9.47 Å². The highest BCUT2D eigenvalue weighted by Gasteiger charge is 2.12. The second kappa shape index (κ2) is 11.0. The summed E-state index contributed by atoms with van der Waals surface area (Å²) in [5.74, 6) is 2.03. The molecule has 3 nitrogen and oxygen atoms in total. The molecule has 3 heteroatoms. The second-order valence-electron chi connectivity index (χ2n) is 5.46. The summed E-state index contributed by atoms with van der Waals surface area (Å²) in [6.07, 6.45) is 1.14. The zero-order chi connectivity index (χ0) is 13.1. The molecule has 0 aliphatic heterocycles. The van der Waals surface area contributed by atoms with Crippen LogP contribution in [0.1, 0.15) is 34.1 Å². The average Bonchev–Trinajstić information content (AvgIpc) is 2.26. The summed E-state index contributed by atoms with van der Waals surface area (Å²) in [6, 6.07) is 0. The first-order chi connectivity index (χ1) is 8.07. The van der Waals surface area contributed by atoms with Gasteiger partial charge in [-0.25, -0.2) is 0 Å². The fourth-order valence-electron chi connectivity index (χ4n) is 1.69. The summed E-state index contributed by atoms with van der Waals surface area (Å²) in [6.45, 7) is 13.5. The molecule has 0 rings (SSSR count). The van der Waals surface area contributed by atoms with Gasteiger partial charge in [-0.15, -0.1) is 0 Å². The molecule has 0 amide bonds. The monoisotopic (exact) mass is 245 g/mol. The topological polar surface area (TPSA) is 30.5 Å². The van der Waals surface area contributed by atoms with Gasteiger partial charge in [-0.3, -0.25) is 0 Å². The molecular formula is C14H31NO2. The van der Waals surface area contributed by atoms with Crippen molar-refractivity contribution in [1.82, 2.24) is 5.32 Å². The van der Waals surface area contributed by atoms with E-state index in [-0.39, 0.29) is 0 Å². The van der Waals surface area contributed by atoms with Crippen molar-refractivity contribution in [2.45, 2.75) is 34.1 Å². The summed E-state index contributed by atoms with van der Waals surface area (Å²) in [4.78, 5) is 0. The van der Waals surface area contributed by atoms with Crippen LogP contribution in [0.15, 0.2) is 0 Å². The molecule has 0 spiro atoms. The molecule has 0 fully saturated rings. The molecule has 0 saturated heterocycles. The molecule has 1 unspecified atom stereocenters. The Morgan fingerprint density at radius 3 is 2.29 bits per heavy atom. The minimum Gasteiger partial charge on any atom is -0.383 e. The Balaban J connectivity index is 3.60. The lowest BCUT2D eigenvalue weighted by Crippen LogP contribution is -2.29. The third-order valence-corrected chi connectivity index (χ3v) is 2.92. The molecule has 0 radical (unpaired) electrons. The highest BCUT2D eigenvalue weighted by Crippen LogP contribution is 2.14. The van der Waals surface area contributed by atoms with Crippen molar-refractivity contribution >= 4 is 0 Å². The Morgan fingerprint density at radius 1 is 1.06 bits per heavy atom. The maximum Gasteiger partial charge on any atom is 0.0587 e. The van der Waals surface area contributed by atoms with Gasteiger partial charge in [0, 0.05) is 26.9 Å². The smallest absolute Gasteiger partial charge is 0.0587 e. The zero-order valence-electron chi connectivity index (χ0n) is 12.3. The third-order valence-electron chi connectivity index (χ3n) is 2.92. The summed E-state index contributed by atoms with van der Waals surface area (Å²) in [5.41, 5.74) is 0. The van der Waals surface area contributed by atoms with Crippen molar-refractivity contribution < 1.29 is 9.47 Å². The molecule has 0 aromatic carbocycles. The van der Waals surface area contributed by atoms with Gasteiger partial charge in [0.05, 0.1) is 6.61 Å². The van der Waals surface area contributed by atoms with Gasteiger partial charge in [-0.1, -0.05) is 27.7 Å². The van der Waals surface area contributed by atoms with Crippen LogP contribution in [0.5, 0.6) is 0 Å². The van der Waals surface area contributed by atoms with E-state index in [4.69, 9.17) is 9.47 Å². The summed E-state index contributed by atoms with van der Waals surface area (Å²) >= 11 is 0. The van der Waals surface area contributed by atoms with Gasteiger partial charge < -0.3 is 14.8 Å². The second-order valence-corrected chi connectivity index (χ2v) is 5.46. The molecule has 0 aliphatic rings. The first-order valence-electron chi connectivity index (χ1n) is 6.85.